The Labute approximate surface area is 314 Å². The van der Waals surface area contributed by atoms with Crippen LogP contribution in [-0.4, -0.2) is 0 Å². The lowest BCUT2D eigenvalue weighted by molar-refractivity contribution is 0.666. The van der Waals surface area contributed by atoms with Gasteiger partial charge in [-0.2, -0.15) is 0 Å². The Bertz CT molecular complexity index is 3010. The first-order chi connectivity index (χ1) is 26.7. The zero-order chi connectivity index (χ0) is 35.8. The molecule has 0 atom stereocenters. The number of hydrogen-bond donors (Lipinski definition) is 0. The fourth-order valence-corrected chi connectivity index (χ4v) is 9.38. The van der Waals surface area contributed by atoms with Crippen LogP contribution in [0.5, 0.6) is 0 Å². The first kappa shape index (κ1) is 30.7. The van der Waals surface area contributed by atoms with Crippen molar-refractivity contribution < 1.29 is 4.42 Å². The van der Waals surface area contributed by atoms with Gasteiger partial charge < -0.3 is 9.32 Å². The largest absolute Gasteiger partial charge is 0.454 e. The number of rotatable bonds is 5. The minimum atomic E-state index is -0.582. The zero-order valence-electron chi connectivity index (χ0n) is 29.8. The molecule has 54 heavy (non-hydrogen) atoms. The van der Waals surface area contributed by atoms with E-state index in [0.717, 1.165) is 44.6 Å². The zero-order valence-corrected chi connectivity index (χ0v) is 29.8. The number of anilines is 3. The van der Waals surface area contributed by atoms with Crippen molar-refractivity contribution in [2.45, 2.75) is 12.3 Å². The van der Waals surface area contributed by atoms with Gasteiger partial charge in [0.25, 0.3) is 0 Å². The van der Waals surface area contributed by atoms with Gasteiger partial charge in [0.2, 0.25) is 0 Å². The normalized spacial score (nSPS) is 13.1. The molecule has 0 saturated heterocycles. The summed E-state index contributed by atoms with van der Waals surface area (Å²) in [7, 11) is 0. The SMILES string of the molecule is Cc1cccc2c1oc1c(N(c3ccccc3)c3cc4c(c5ccccc35)-c3c(ccc5ccccc35)C4(c3ccccc3)c3ccccc3)cccc12. The molecule has 10 aromatic rings. The summed E-state index contributed by atoms with van der Waals surface area (Å²) < 4.78 is 6.88. The van der Waals surface area contributed by atoms with E-state index in [-0.39, 0.29) is 0 Å². The van der Waals surface area contributed by atoms with Gasteiger partial charge in [0.1, 0.15) is 5.58 Å². The molecule has 0 spiro atoms. The van der Waals surface area contributed by atoms with Crippen LogP contribution in [0.3, 0.4) is 0 Å². The van der Waals surface area contributed by atoms with Crippen molar-refractivity contribution in [3.8, 4) is 11.1 Å². The summed E-state index contributed by atoms with van der Waals surface area (Å²) in [6.45, 7) is 2.13. The van der Waals surface area contributed by atoms with Crippen LogP contribution < -0.4 is 4.90 Å². The lowest BCUT2D eigenvalue weighted by atomic mass is 9.67. The first-order valence-corrected chi connectivity index (χ1v) is 18.7. The monoisotopic (exact) mass is 689 g/mol. The van der Waals surface area contributed by atoms with E-state index in [1.165, 1.54) is 54.9 Å². The van der Waals surface area contributed by atoms with E-state index in [1.807, 2.05) is 0 Å². The quantitative estimate of drug-likeness (QED) is 0.179. The maximum atomic E-state index is 6.88. The van der Waals surface area contributed by atoms with Crippen LogP contribution in [0.2, 0.25) is 0 Å². The highest BCUT2D eigenvalue weighted by Crippen LogP contribution is 2.61. The van der Waals surface area contributed by atoms with Gasteiger partial charge in [0, 0.05) is 21.8 Å². The molecule has 254 valence electrons. The molecule has 0 amide bonds. The number of hydrogen-bond acceptors (Lipinski definition) is 2. The van der Waals surface area contributed by atoms with Gasteiger partial charge in [-0.25, -0.2) is 0 Å². The molecule has 2 nitrogen and oxygen atoms in total. The van der Waals surface area contributed by atoms with Crippen LogP contribution >= 0.6 is 0 Å². The van der Waals surface area contributed by atoms with Crippen LogP contribution in [0.1, 0.15) is 27.8 Å². The van der Waals surface area contributed by atoms with Gasteiger partial charge in [0.15, 0.2) is 5.58 Å². The average Bonchev–Trinajstić information content (AvgIpc) is 3.78. The molecule has 0 radical (unpaired) electrons. The van der Waals surface area contributed by atoms with Gasteiger partial charge >= 0.3 is 0 Å². The molecule has 0 aliphatic heterocycles. The van der Waals surface area contributed by atoms with E-state index >= 15 is 0 Å². The second kappa shape index (κ2) is 11.8. The van der Waals surface area contributed by atoms with E-state index in [2.05, 4.69) is 206 Å². The average molecular weight is 690 g/mol. The summed E-state index contributed by atoms with van der Waals surface area (Å²) in [4.78, 5) is 2.42. The number of benzene rings is 9. The Kier molecular flexibility index (Phi) is 6.72. The Morgan fingerprint density at radius 3 is 1.69 bits per heavy atom. The van der Waals surface area contributed by atoms with Crippen molar-refractivity contribution in [1.82, 2.24) is 0 Å². The molecular formula is C52H35NO. The van der Waals surface area contributed by atoms with E-state index < -0.39 is 5.41 Å². The molecule has 0 N–H and O–H groups in total. The minimum Gasteiger partial charge on any atom is -0.454 e. The summed E-state index contributed by atoms with van der Waals surface area (Å²) >= 11 is 0. The Morgan fingerprint density at radius 2 is 0.963 bits per heavy atom. The van der Waals surface area contributed by atoms with Crippen molar-refractivity contribution >= 4 is 60.5 Å². The minimum absolute atomic E-state index is 0.582. The van der Waals surface area contributed by atoms with E-state index in [0.29, 0.717) is 0 Å². The van der Waals surface area contributed by atoms with Crippen molar-refractivity contribution in [2.24, 2.45) is 0 Å². The lowest BCUT2D eigenvalue weighted by Gasteiger charge is -2.35. The van der Waals surface area contributed by atoms with Gasteiger partial charge in [-0.3, -0.25) is 0 Å². The number of fused-ring (bicyclic) bond motifs is 10. The van der Waals surface area contributed by atoms with Gasteiger partial charge in [-0.05, 0) is 86.3 Å². The maximum Gasteiger partial charge on any atom is 0.159 e. The predicted molar refractivity (Wildman–Crippen MR) is 225 cm³/mol. The van der Waals surface area contributed by atoms with Crippen molar-refractivity contribution in [2.75, 3.05) is 4.90 Å². The molecule has 1 aliphatic carbocycles. The number of para-hydroxylation sites is 3. The van der Waals surface area contributed by atoms with E-state index in [1.54, 1.807) is 0 Å². The second-order valence-corrected chi connectivity index (χ2v) is 14.4. The summed E-state index contributed by atoms with van der Waals surface area (Å²) in [5.74, 6) is 0. The third-order valence-corrected chi connectivity index (χ3v) is 11.6. The summed E-state index contributed by atoms with van der Waals surface area (Å²) in [5, 5.41) is 7.16. The number of aryl methyl sites for hydroxylation is 1. The second-order valence-electron chi connectivity index (χ2n) is 14.4. The Balaban J connectivity index is 1.33. The van der Waals surface area contributed by atoms with Gasteiger partial charge in [-0.15, -0.1) is 0 Å². The smallest absolute Gasteiger partial charge is 0.159 e. The van der Waals surface area contributed by atoms with Crippen LogP contribution in [0.25, 0.3) is 54.6 Å². The van der Waals surface area contributed by atoms with Gasteiger partial charge in [-0.1, -0.05) is 170 Å². The van der Waals surface area contributed by atoms with E-state index in [4.69, 9.17) is 4.42 Å². The number of nitrogens with zero attached hydrogens (tertiary/aromatic N) is 1. The lowest BCUT2D eigenvalue weighted by Crippen LogP contribution is -2.28. The summed E-state index contributed by atoms with van der Waals surface area (Å²) in [5.41, 5.74) is 13.2. The van der Waals surface area contributed by atoms with Crippen molar-refractivity contribution in [1.29, 1.82) is 0 Å². The first-order valence-electron chi connectivity index (χ1n) is 18.7. The standard InChI is InChI=1S/C52H35NO/c1-34-17-15-28-42-43-29-16-30-46(51(43)54-50(34)42)53(38-23-9-4-10-24-38)47-33-45-49(41-27-14-13-26-40(41)47)48-39-25-12-11-18-35(39)31-32-44(48)52(45,36-19-5-2-6-20-36)37-21-7-3-8-22-37/h2-33H,1H3. The van der Waals surface area contributed by atoms with Gasteiger partial charge in [0.05, 0.1) is 16.8 Å². The third-order valence-electron chi connectivity index (χ3n) is 11.6. The molecular weight excluding hydrogens is 655 g/mol. The highest BCUT2D eigenvalue weighted by Gasteiger charge is 2.48. The number of furan rings is 1. The van der Waals surface area contributed by atoms with Crippen LogP contribution in [0, 0.1) is 6.92 Å². The molecule has 9 aromatic carbocycles. The maximum absolute atomic E-state index is 6.88. The molecule has 1 heterocycles. The topological polar surface area (TPSA) is 16.4 Å². The van der Waals surface area contributed by atoms with Crippen LogP contribution in [0.15, 0.2) is 199 Å². The van der Waals surface area contributed by atoms with Crippen LogP contribution in [0.4, 0.5) is 17.1 Å². The fourth-order valence-electron chi connectivity index (χ4n) is 9.38. The van der Waals surface area contributed by atoms with E-state index in [9.17, 15) is 0 Å². The van der Waals surface area contributed by atoms with Crippen molar-refractivity contribution in [3.63, 3.8) is 0 Å². The molecule has 1 aliphatic rings. The summed E-state index contributed by atoms with van der Waals surface area (Å²) in [6, 6.07) is 71.0. The predicted octanol–water partition coefficient (Wildman–Crippen LogP) is 14.0. The molecule has 2 heteroatoms. The highest BCUT2D eigenvalue weighted by atomic mass is 16.3. The summed E-state index contributed by atoms with van der Waals surface area (Å²) in [6.07, 6.45) is 0. The van der Waals surface area contributed by atoms with Crippen molar-refractivity contribution in [3.05, 3.63) is 222 Å². The molecule has 0 bridgehead atoms. The molecule has 0 saturated carbocycles. The Hall–Kier alpha value is -6.90. The highest BCUT2D eigenvalue weighted by molar-refractivity contribution is 6.17. The molecule has 1 aromatic heterocycles. The molecule has 11 rings (SSSR count). The molecule has 0 fully saturated rings. The Morgan fingerprint density at radius 1 is 0.407 bits per heavy atom. The molecule has 0 unspecified atom stereocenters. The fraction of sp³-hybridized carbons (Fsp3) is 0.0385. The third kappa shape index (κ3) is 4.22. The van der Waals surface area contributed by atoms with Crippen LogP contribution in [-0.2, 0) is 5.41 Å².